The molecule has 0 aromatic heterocycles. The fraction of sp³-hybridized carbons (Fsp3) is 0.125. The lowest BCUT2D eigenvalue weighted by Crippen LogP contribution is -2.47. The molecule has 1 unspecified atom stereocenters. The van der Waals surface area contributed by atoms with E-state index in [0.717, 1.165) is 5.56 Å². The lowest BCUT2D eigenvalue weighted by atomic mass is 9.89. The number of carbonyl (C=O) groups is 2. The first kappa shape index (κ1) is 14.1. The number of imide groups is 1. The van der Waals surface area contributed by atoms with Crippen LogP contribution in [-0.4, -0.2) is 17.5 Å². The Hall–Kier alpha value is -2.89. The summed E-state index contributed by atoms with van der Waals surface area (Å²) in [7, 11) is 0. The Bertz CT molecular complexity index is 791. The average Bonchev–Trinajstić information content (AvgIpc) is 2.68. The van der Waals surface area contributed by atoms with E-state index in [1.54, 1.807) is 25.1 Å². The van der Waals surface area contributed by atoms with E-state index in [-0.39, 0.29) is 12.2 Å². The average molecular weight is 300 g/mol. The number of hydrogen-bond acceptors (Lipinski definition) is 3. The molecule has 2 aromatic rings. The van der Waals surface area contributed by atoms with Crippen molar-refractivity contribution >= 4 is 12.4 Å². The molecule has 0 aliphatic heterocycles. The SMILES string of the molecule is CC1(NC(=O)NC=O)c2ccc(O)cc2-c2ccc(F)cc21. The Morgan fingerprint density at radius 2 is 1.95 bits per heavy atom. The fourth-order valence-electron chi connectivity index (χ4n) is 2.95. The van der Waals surface area contributed by atoms with E-state index in [1.807, 2.05) is 5.32 Å². The molecule has 0 radical (unpaired) electrons. The number of phenols is 1. The zero-order chi connectivity index (χ0) is 15.9. The monoisotopic (exact) mass is 300 g/mol. The molecule has 1 aliphatic rings. The van der Waals surface area contributed by atoms with E-state index >= 15 is 0 Å². The first-order valence-electron chi connectivity index (χ1n) is 6.62. The largest absolute Gasteiger partial charge is 0.508 e. The summed E-state index contributed by atoms with van der Waals surface area (Å²) in [5.41, 5.74) is 1.71. The number of rotatable bonds is 2. The highest BCUT2D eigenvalue weighted by Crippen LogP contribution is 2.48. The van der Waals surface area contributed by atoms with Crippen LogP contribution in [0.25, 0.3) is 11.1 Å². The second kappa shape index (κ2) is 4.84. The van der Waals surface area contributed by atoms with Gasteiger partial charge in [0, 0.05) is 0 Å². The second-order valence-corrected chi connectivity index (χ2v) is 5.26. The number of halogens is 1. The van der Waals surface area contributed by atoms with Gasteiger partial charge in [0.05, 0.1) is 5.54 Å². The third kappa shape index (κ3) is 2.00. The van der Waals surface area contributed by atoms with Crippen molar-refractivity contribution in [3.8, 4) is 16.9 Å². The first-order chi connectivity index (χ1) is 10.5. The van der Waals surface area contributed by atoms with Crippen molar-refractivity contribution < 1.29 is 19.1 Å². The van der Waals surface area contributed by atoms with Gasteiger partial charge in [0.25, 0.3) is 0 Å². The highest BCUT2D eigenvalue weighted by atomic mass is 19.1. The summed E-state index contributed by atoms with van der Waals surface area (Å²) in [6.07, 6.45) is 0.276. The van der Waals surface area contributed by atoms with Crippen LogP contribution < -0.4 is 10.6 Å². The van der Waals surface area contributed by atoms with Gasteiger partial charge in [-0.2, -0.15) is 0 Å². The summed E-state index contributed by atoms with van der Waals surface area (Å²) >= 11 is 0. The number of nitrogens with one attached hydrogen (secondary N) is 2. The maximum absolute atomic E-state index is 13.7. The number of aromatic hydroxyl groups is 1. The van der Waals surface area contributed by atoms with Gasteiger partial charge < -0.3 is 10.4 Å². The van der Waals surface area contributed by atoms with Gasteiger partial charge in [-0.25, -0.2) is 9.18 Å². The molecule has 3 amide bonds. The minimum absolute atomic E-state index is 0.0793. The van der Waals surface area contributed by atoms with Crippen LogP contribution in [0.3, 0.4) is 0 Å². The summed E-state index contributed by atoms with van der Waals surface area (Å²) in [5.74, 6) is -0.352. The van der Waals surface area contributed by atoms with Gasteiger partial charge in [-0.05, 0) is 53.4 Å². The Morgan fingerprint density at radius 1 is 1.18 bits per heavy atom. The maximum Gasteiger partial charge on any atom is 0.322 e. The molecular formula is C16H13FN2O3. The van der Waals surface area contributed by atoms with Gasteiger partial charge in [0.1, 0.15) is 11.6 Å². The molecule has 112 valence electrons. The summed E-state index contributed by atoms with van der Waals surface area (Å²) < 4.78 is 13.7. The van der Waals surface area contributed by atoms with E-state index in [4.69, 9.17) is 0 Å². The minimum Gasteiger partial charge on any atom is -0.508 e. The zero-order valence-electron chi connectivity index (χ0n) is 11.7. The van der Waals surface area contributed by atoms with Crippen molar-refractivity contribution in [1.82, 2.24) is 10.6 Å². The maximum atomic E-state index is 13.7. The molecule has 0 spiro atoms. The Morgan fingerprint density at radius 3 is 2.68 bits per heavy atom. The van der Waals surface area contributed by atoms with E-state index in [2.05, 4.69) is 5.32 Å². The Balaban J connectivity index is 2.20. The normalized spacial score (nSPS) is 18.3. The quantitative estimate of drug-likeness (QED) is 0.744. The lowest BCUT2D eigenvalue weighted by Gasteiger charge is -2.28. The van der Waals surface area contributed by atoms with Crippen LogP contribution in [0.5, 0.6) is 5.75 Å². The third-order valence-electron chi connectivity index (χ3n) is 3.91. The van der Waals surface area contributed by atoms with Gasteiger partial charge in [0.2, 0.25) is 6.41 Å². The van der Waals surface area contributed by atoms with E-state index in [9.17, 15) is 19.1 Å². The Kier molecular flexibility index (Phi) is 3.09. The molecule has 0 heterocycles. The van der Waals surface area contributed by atoms with Crippen molar-refractivity contribution in [2.75, 3.05) is 0 Å². The molecule has 0 fully saturated rings. The van der Waals surface area contributed by atoms with Crippen LogP contribution in [-0.2, 0) is 10.3 Å². The van der Waals surface area contributed by atoms with Crippen LogP contribution in [0.4, 0.5) is 9.18 Å². The van der Waals surface area contributed by atoms with Crippen molar-refractivity contribution in [1.29, 1.82) is 0 Å². The molecule has 0 saturated carbocycles. The van der Waals surface area contributed by atoms with E-state index in [0.29, 0.717) is 16.7 Å². The lowest BCUT2D eigenvalue weighted by molar-refractivity contribution is -0.108. The number of benzene rings is 2. The zero-order valence-corrected chi connectivity index (χ0v) is 11.7. The van der Waals surface area contributed by atoms with E-state index < -0.39 is 17.4 Å². The van der Waals surface area contributed by atoms with Gasteiger partial charge in [0.15, 0.2) is 0 Å². The summed E-state index contributed by atoms with van der Waals surface area (Å²) in [4.78, 5) is 22.2. The summed E-state index contributed by atoms with van der Waals surface area (Å²) in [6, 6.07) is 8.32. The van der Waals surface area contributed by atoms with E-state index in [1.165, 1.54) is 18.2 Å². The molecule has 5 nitrogen and oxygen atoms in total. The summed E-state index contributed by atoms with van der Waals surface area (Å²) in [5, 5.41) is 14.4. The smallest absolute Gasteiger partial charge is 0.322 e. The van der Waals surface area contributed by atoms with Crippen LogP contribution in [0.1, 0.15) is 18.1 Å². The fourth-order valence-corrected chi connectivity index (χ4v) is 2.95. The van der Waals surface area contributed by atoms with Crippen molar-refractivity contribution in [3.05, 3.63) is 53.3 Å². The number of fused-ring (bicyclic) bond motifs is 3. The molecule has 3 N–H and O–H groups in total. The second-order valence-electron chi connectivity index (χ2n) is 5.26. The molecule has 6 heteroatoms. The third-order valence-corrected chi connectivity index (χ3v) is 3.91. The predicted molar refractivity (Wildman–Crippen MR) is 77.7 cm³/mol. The van der Waals surface area contributed by atoms with Crippen LogP contribution in [0.15, 0.2) is 36.4 Å². The number of carbonyl (C=O) groups excluding carboxylic acids is 2. The molecule has 1 atom stereocenters. The molecule has 22 heavy (non-hydrogen) atoms. The van der Waals surface area contributed by atoms with Crippen molar-refractivity contribution in [2.45, 2.75) is 12.5 Å². The number of hydrogen-bond donors (Lipinski definition) is 3. The highest BCUT2D eigenvalue weighted by Gasteiger charge is 2.41. The van der Waals surface area contributed by atoms with Gasteiger partial charge >= 0.3 is 6.03 Å². The molecule has 2 aromatic carbocycles. The van der Waals surface area contributed by atoms with Crippen LogP contribution in [0.2, 0.25) is 0 Å². The molecule has 3 rings (SSSR count). The number of amides is 3. The number of phenolic OH excluding ortho intramolecular Hbond substituents is 1. The van der Waals surface area contributed by atoms with Crippen LogP contribution in [0, 0.1) is 5.82 Å². The molecule has 1 aliphatic carbocycles. The van der Waals surface area contributed by atoms with Crippen molar-refractivity contribution in [3.63, 3.8) is 0 Å². The molecule has 0 saturated heterocycles. The molecular weight excluding hydrogens is 287 g/mol. The van der Waals surface area contributed by atoms with Crippen molar-refractivity contribution in [2.24, 2.45) is 0 Å². The number of urea groups is 1. The molecule has 0 bridgehead atoms. The first-order valence-corrected chi connectivity index (χ1v) is 6.62. The van der Waals surface area contributed by atoms with Gasteiger partial charge in [-0.1, -0.05) is 12.1 Å². The topological polar surface area (TPSA) is 78.4 Å². The Labute approximate surface area is 125 Å². The summed E-state index contributed by atoms with van der Waals surface area (Å²) in [6.45, 7) is 1.72. The van der Waals surface area contributed by atoms with Gasteiger partial charge in [-0.15, -0.1) is 0 Å². The highest BCUT2D eigenvalue weighted by molar-refractivity contribution is 5.89. The minimum atomic E-state index is -1.01. The van der Waals surface area contributed by atoms with Crippen LogP contribution >= 0.6 is 0 Å². The predicted octanol–water partition coefficient (Wildman–Crippen LogP) is 2.23. The van der Waals surface area contributed by atoms with Gasteiger partial charge in [-0.3, -0.25) is 10.1 Å². The standard InChI is InChI=1S/C16H13FN2O3/c1-16(19-15(22)18-8-20)13-5-3-10(21)7-12(13)11-4-2-9(17)6-14(11)16/h2-8,21H,1H3,(H2,18,19,20,22).